The van der Waals surface area contributed by atoms with Crippen molar-refractivity contribution < 1.29 is 9.32 Å². The summed E-state index contributed by atoms with van der Waals surface area (Å²) in [6.45, 7) is 3.35. The number of nitrogens with zero attached hydrogens (tertiary/aromatic N) is 3. The lowest BCUT2D eigenvalue weighted by atomic mass is 10.1. The summed E-state index contributed by atoms with van der Waals surface area (Å²) >= 11 is 0. The molecule has 0 aliphatic carbocycles. The quantitative estimate of drug-likeness (QED) is 0.665. The molecule has 140 valence electrons. The van der Waals surface area contributed by atoms with Gasteiger partial charge < -0.3 is 9.84 Å². The summed E-state index contributed by atoms with van der Waals surface area (Å²) in [5.74, 6) is 0.442. The first kappa shape index (κ1) is 18.8. The molecule has 0 fully saturated rings. The van der Waals surface area contributed by atoms with Gasteiger partial charge in [-0.2, -0.15) is 0 Å². The fourth-order valence-corrected chi connectivity index (χ4v) is 2.93. The van der Waals surface area contributed by atoms with E-state index in [4.69, 9.17) is 4.52 Å². The highest BCUT2D eigenvalue weighted by Gasteiger charge is 2.16. The number of rotatable bonds is 8. The van der Waals surface area contributed by atoms with E-state index in [9.17, 15) is 4.79 Å². The molecule has 6 heteroatoms. The van der Waals surface area contributed by atoms with Gasteiger partial charge in [0.25, 0.3) is 5.91 Å². The second-order valence-corrected chi connectivity index (χ2v) is 6.77. The van der Waals surface area contributed by atoms with Crippen LogP contribution in [0.3, 0.4) is 0 Å². The van der Waals surface area contributed by atoms with Crippen LogP contribution in [-0.4, -0.2) is 34.0 Å². The first-order chi connectivity index (χ1) is 13.1. The largest absolute Gasteiger partial charge is 0.359 e. The van der Waals surface area contributed by atoms with Crippen molar-refractivity contribution >= 4 is 5.91 Å². The van der Waals surface area contributed by atoms with Crippen LogP contribution in [0, 0.1) is 0 Å². The van der Waals surface area contributed by atoms with Crippen molar-refractivity contribution in [3.63, 3.8) is 0 Å². The molecule has 6 nitrogen and oxygen atoms in total. The van der Waals surface area contributed by atoms with Crippen LogP contribution < -0.4 is 5.32 Å². The molecule has 0 unspecified atom stereocenters. The fraction of sp³-hybridized carbons (Fsp3) is 0.286. The molecule has 1 N–H and O–H groups in total. The summed E-state index contributed by atoms with van der Waals surface area (Å²) in [5, 5.41) is 6.87. The highest BCUT2D eigenvalue weighted by molar-refractivity contribution is 5.92. The highest BCUT2D eigenvalue weighted by atomic mass is 16.5. The third kappa shape index (κ3) is 5.76. The Bertz CT molecular complexity index is 849. The van der Waals surface area contributed by atoms with Crippen LogP contribution in [0.2, 0.25) is 0 Å². The molecular weight excluding hydrogens is 340 g/mol. The molecule has 1 amide bonds. The molecule has 0 saturated heterocycles. The van der Waals surface area contributed by atoms with E-state index >= 15 is 0 Å². The normalized spacial score (nSPS) is 12.1. The summed E-state index contributed by atoms with van der Waals surface area (Å²) in [7, 11) is 2.01. The van der Waals surface area contributed by atoms with E-state index in [0.29, 0.717) is 18.0 Å². The fourth-order valence-electron chi connectivity index (χ4n) is 2.93. The number of benzene rings is 1. The van der Waals surface area contributed by atoms with Crippen LogP contribution in [-0.2, 0) is 19.5 Å². The van der Waals surface area contributed by atoms with E-state index in [0.717, 1.165) is 18.5 Å². The Labute approximate surface area is 159 Å². The first-order valence-corrected chi connectivity index (χ1v) is 8.98. The maximum Gasteiger partial charge on any atom is 0.273 e. The van der Waals surface area contributed by atoms with Crippen LogP contribution >= 0.6 is 0 Å². The standard InChI is InChI=1S/C21H24N4O2/c1-16(12-17-8-10-22-11-9-17)23-21(26)20-13-19(27-24-20)15-25(2)14-18-6-4-3-5-7-18/h3-11,13,16H,12,14-15H2,1-2H3,(H,23,26)/t16-/m1/s1. The zero-order chi connectivity index (χ0) is 19.1. The topological polar surface area (TPSA) is 71.3 Å². The second kappa shape index (κ2) is 9.09. The third-order valence-corrected chi connectivity index (χ3v) is 4.18. The van der Waals surface area contributed by atoms with Crippen molar-refractivity contribution in [2.75, 3.05) is 7.05 Å². The van der Waals surface area contributed by atoms with Gasteiger partial charge in [-0.25, -0.2) is 0 Å². The lowest BCUT2D eigenvalue weighted by Crippen LogP contribution is -2.34. The SMILES string of the molecule is C[C@H](Cc1ccncc1)NC(=O)c1cc(CN(C)Cc2ccccc2)on1. The van der Waals surface area contributed by atoms with Crippen LogP contribution in [0.25, 0.3) is 0 Å². The Morgan fingerprint density at radius 2 is 1.85 bits per heavy atom. The molecule has 27 heavy (non-hydrogen) atoms. The Morgan fingerprint density at radius 1 is 1.11 bits per heavy atom. The smallest absolute Gasteiger partial charge is 0.273 e. The Hall–Kier alpha value is -2.99. The molecule has 0 saturated carbocycles. The van der Waals surface area contributed by atoms with E-state index in [1.165, 1.54) is 5.56 Å². The third-order valence-electron chi connectivity index (χ3n) is 4.18. The number of aromatic nitrogens is 2. The predicted molar refractivity (Wildman–Crippen MR) is 103 cm³/mol. The zero-order valence-corrected chi connectivity index (χ0v) is 15.6. The van der Waals surface area contributed by atoms with Crippen molar-refractivity contribution in [3.8, 4) is 0 Å². The molecule has 2 heterocycles. The number of hydrogen-bond acceptors (Lipinski definition) is 5. The average Bonchev–Trinajstić information content (AvgIpc) is 3.11. The minimum Gasteiger partial charge on any atom is -0.359 e. The van der Waals surface area contributed by atoms with E-state index in [-0.39, 0.29) is 11.9 Å². The van der Waals surface area contributed by atoms with Crippen LogP contribution in [0.15, 0.2) is 65.4 Å². The lowest BCUT2D eigenvalue weighted by molar-refractivity contribution is 0.0931. The molecule has 0 aliphatic heterocycles. The summed E-state index contributed by atoms with van der Waals surface area (Å²) in [4.78, 5) is 18.5. The van der Waals surface area contributed by atoms with Crippen molar-refractivity contribution in [1.82, 2.24) is 20.4 Å². The summed E-state index contributed by atoms with van der Waals surface area (Å²) in [6.07, 6.45) is 4.23. The minimum absolute atomic E-state index is 0.0131. The molecule has 3 rings (SSSR count). The maximum atomic E-state index is 12.4. The average molecular weight is 364 g/mol. The molecule has 3 aromatic rings. The van der Waals surface area contributed by atoms with E-state index in [2.05, 4.69) is 32.5 Å². The van der Waals surface area contributed by atoms with Gasteiger partial charge >= 0.3 is 0 Å². The molecule has 0 spiro atoms. The van der Waals surface area contributed by atoms with Gasteiger partial charge in [0.15, 0.2) is 11.5 Å². The monoisotopic (exact) mass is 364 g/mol. The minimum atomic E-state index is -0.225. The van der Waals surface area contributed by atoms with Crippen molar-refractivity contribution in [2.24, 2.45) is 0 Å². The van der Waals surface area contributed by atoms with Crippen molar-refractivity contribution in [1.29, 1.82) is 0 Å². The number of nitrogens with one attached hydrogen (secondary N) is 1. The summed E-state index contributed by atoms with van der Waals surface area (Å²) in [5.41, 5.74) is 2.66. The van der Waals surface area contributed by atoms with Gasteiger partial charge in [0.1, 0.15) is 0 Å². The second-order valence-electron chi connectivity index (χ2n) is 6.77. The Morgan fingerprint density at radius 3 is 2.59 bits per heavy atom. The molecular formula is C21H24N4O2. The van der Waals surface area contributed by atoms with E-state index < -0.39 is 0 Å². The molecule has 0 aliphatic rings. The van der Waals surface area contributed by atoms with Gasteiger partial charge in [-0.05, 0) is 43.7 Å². The Kier molecular flexibility index (Phi) is 6.33. The number of carbonyl (C=O) groups is 1. The van der Waals surface area contributed by atoms with Gasteiger partial charge in [0.05, 0.1) is 6.54 Å². The first-order valence-electron chi connectivity index (χ1n) is 8.98. The van der Waals surface area contributed by atoms with E-state index in [1.54, 1.807) is 18.5 Å². The van der Waals surface area contributed by atoms with Gasteiger partial charge in [-0.15, -0.1) is 0 Å². The molecule has 2 aromatic heterocycles. The highest BCUT2D eigenvalue weighted by Crippen LogP contribution is 2.10. The summed E-state index contributed by atoms with van der Waals surface area (Å²) < 4.78 is 5.33. The predicted octanol–water partition coefficient (Wildman–Crippen LogP) is 3.06. The molecule has 1 aromatic carbocycles. The van der Waals surface area contributed by atoms with Crippen molar-refractivity contribution in [2.45, 2.75) is 32.5 Å². The zero-order valence-electron chi connectivity index (χ0n) is 15.6. The lowest BCUT2D eigenvalue weighted by Gasteiger charge is -2.14. The molecule has 0 radical (unpaired) electrons. The molecule has 0 bridgehead atoms. The van der Waals surface area contributed by atoms with Crippen molar-refractivity contribution in [3.05, 3.63) is 83.5 Å². The number of carbonyl (C=O) groups excluding carboxylic acids is 1. The number of pyridine rings is 1. The maximum absolute atomic E-state index is 12.4. The van der Waals surface area contributed by atoms with E-state index in [1.807, 2.05) is 44.3 Å². The van der Waals surface area contributed by atoms with Gasteiger partial charge in [-0.3, -0.25) is 14.7 Å². The number of amides is 1. The van der Waals surface area contributed by atoms with Crippen LogP contribution in [0.1, 0.15) is 34.3 Å². The Balaban J connectivity index is 1.51. The van der Waals surface area contributed by atoms with Gasteiger partial charge in [-0.1, -0.05) is 35.5 Å². The van der Waals surface area contributed by atoms with Crippen LogP contribution in [0.5, 0.6) is 0 Å². The summed E-state index contributed by atoms with van der Waals surface area (Å²) in [6, 6.07) is 15.8. The van der Waals surface area contributed by atoms with Gasteiger partial charge in [0.2, 0.25) is 0 Å². The van der Waals surface area contributed by atoms with Crippen LogP contribution in [0.4, 0.5) is 0 Å². The molecule has 1 atom stereocenters. The number of hydrogen-bond donors (Lipinski definition) is 1. The van der Waals surface area contributed by atoms with Gasteiger partial charge in [0, 0.05) is 31.0 Å².